The molecule has 0 fully saturated rings. The highest BCUT2D eigenvalue weighted by Gasteiger charge is 2.11. The Kier molecular flexibility index (Phi) is 10.7. The van der Waals surface area contributed by atoms with Crippen molar-refractivity contribution >= 4 is 47.0 Å². The summed E-state index contributed by atoms with van der Waals surface area (Å²) in [6.45, 7) is 10.4. The van der Waals surface area contributed by atoms with Crippen molar-refractivity contribution in [1.82, 2.24) is 29.9 Å². The van der Waals surface area contributed by atoms with Crippen molar-refractivity contribution in [1.29, 1.82) is 0 Å². The Balaban J connectivity index is 1.78. The van der Waals surface area contributed by atoms with E-state index in [1.165, 1.54) is 0 Å². The molecule has 0 radical (unpaired) electrons. The molecule has 0 aliphatic rings. The van der Waals surface area contributed by atoms with Crippen LogP contribution in [-0.2, 0) is 4.74 Å². The highest BCUT2D eigenvalue weighted by atomic mass is 35.5. The van der Waals surface area contributed by atoms with Gasteiger partial charge in [-0.05, 0) is 49.9 Å². The van der Waals surface area contributed by atoms with Crippen LogP contribution >= 0.6 is 23.2 Å². The van der Waals surface area contributed by atoms with E-state index in [-0.39, 0.29) is 22.7 Å². The second-order valence-corrected chi connectivity index (χ2v) is 7.66. The lowest BCUT2D eigenvalue weighted by Gasteiger charge is -2.18. The number of ether oxygens (including phenoxy) is 1. The van der Waals surface area contributed by atoms with Crippen molar-refractivity contribution in [2.24, 2.45) is 0 Å². The van der Waals surface area contributed by atoms with Crippen molar-refractivity contribution in [3.05, 3.63) is 10.6 Å². The molecule has 2 unspecified atom stereocenters. The second kappa shape index (κ2) is 13.2. The topological polar surface area (TPSA) is 135 Å². The van der Waals surface area contributed by atoms with Crippen LogP contribution in [0.2, 0.25) is 10.6 Å². The number of aromatic nitrogens is 6. The lowest BCUT2D eigenvalue weighted by atomic mass is 10.3. The summed E-state index contributed by atoms with van der Waals surface area (Å²) in [7, 11) is 0. The smallest absolute Gasteiger partial charge is 0.229 e. The van der Waals surface area contributed by atoms with E-state index in [9.17, 15) is 0 Å². The van der Waals surface area contributed by atoms with Gasteiger partial charge in [-0.15, -0.1) is 0 Å². The van der Waals surface area contributed by atoms with Gasteiger partial charge in [0.05, 0.1) is 13.2 Å². The van der Waals surface area contributed by atoms with Crippen LogP contribution in [0.5, 0.6) is 0 Å². The number of nitrogens with zero attached hydrogens (tertiary/aromatic N) is 6. The van der Waals surface area contributed by atoms with E-state index in [4.69, 9.17) is 27.9 Å². The van der Waals surface area contributed by atoms with Crippen molar-refractivity contribution in [3.63, 3.8) is 0 Å². The molecular formula is C18H30Cl2N10O. The fraction of sp³-hybridized carbons (Fsp3) is 0.667. The van der Waals surface area contributed by atoms with E-state index in [2.05, 4.69) is 65.0 Å². The summed E-state index contributed by atoms with van der Waals surface area (Å²) in [6.07, 6.45) is 1.91. The van der Waals surface area contributed by atoms with Gasteiger partial charge in [-0.3, -0.25) is 0 Å². The average molecular weight is 473 g/mol. The second-order valence-electron chi connectivity index (χ2n) is 6.99. The van der Waals surface area contributed by atoms with Crippen LogP contribution in [0.3, 0.4) is 0 Å². The van der Waals surface area contributed by atoms with Gasteiger partial charge in [0.25, 0.3) is 0 Å². The summed E-state index contributed by atoms with van der Waals surface area (Å²) < 4.78 is 5.79. The van der Waals surface area contributed by atoms with E-state index in [0.717, 1.165) is 25.9 Å². The Hall–Kier alpha value is -2.24. The predicted molar refractivity (Wildman–Crippen MR) is 124 cm³/mol. The Morgan fingerprint density at radius 2 is 1.06 bits per heavy atom. The fourth-order valence-electron chi connectivity index (χ4n) is 2.41. The van der Waals surface area contributed by atoms with Gasteiger partial charge in [-0.2, -0.15) is 29.9 Å². The van der Waals surface area contributed by atoms with E-state index < -0.39 is 0 Å². The molecule has 2 aromatic heterocycles. The first-order valence-electron chi connectivity index (χ1n) is 10.3. The van der Waals surface area contributed by atoms with Crippen LogP contribution in [0, 0.1) is 0 Å². The molecule has 0 aromatic carbocycles. The molecule has 13 heteroatoms. The highest BCUT2D eigenvalue weighted by molar-refractivity contribution is 6.28. The van der Waals surface area contributed by atoms with Gasteiger partial charge in [0, 0.05) is 25.2 Å². The maximum absolute atomic E-state index is 5.97. The Labute approximate surface area is 192 Å². The van der Waals surface area contributed by atoms with Crippen LogP contribution in [0.4, 0.5) is 23.8 Å². The Morgan fingerprint density at radius 3 is 1.45 bits per heavy atom. The molecule has 2 aromatic rings. The molecule has 0 aliphatic heterocycles. The van der Waals surface area contributed by atoms with Crippen LogP contribution in [0.15, 0.2) is 0 Å². The van der Waals surface area contributed by atoms with Crippen LogP contribution in [0.1, 0.15) is 40.5 Å². The van der Waals surface area contributed by atoms with Gasteiger partial charge in [-0.25, -0.2) is 0 Å². The molecule has 2 atom stereocenters. The summed E-state index contributed by atoms with van der Waals surface area (Å²) in [5.74, 6) is 1.68. The normalized spacial score (nSPS) is 12.8. The quantitative estimate of drug-likeness (QED) is 0.322. The van der Waals surface area contributed by atoms with E-state index in [1.807, 2.05) is 13.8 Å². The summed E-state index contributed by atoms with van der Waals surface area (Å²) in [4.78, 5) is 24.9. The molecule has 0 bridgehead atoms. The van der Waals surface area contributed by atoms with Crippen LogP contribution in [0.25, 0.3) is 0 Å². The molecule has 0 amide bonds. The third-order valence-corrected chi connectivity index (χ3v) is 4.11. The van der Waals surface area contributed by atoms with Crippen LogP contribution in [-0.4, -0.2) is 68.3 Å². The number of hydrogen-bond donors (Lipinski definition) is 4. The first kappa shape index (κ1) is 25.0. The summed E-state index contributed by atoms with van der Waals surface area (Å²) in [6, 6.07) is -0.0812. The first-order valence-corrected chi connectivity index (χ1v) is 11.1. The largest absolute Gasteiger partial charge is 0.377 e. The Morgan fingerprint density at radius 1 is 0.677 bits per heavy atom. The SMILES string of the molecule is CCCNc1nc(Cl)nc(NC(C)COCC(C)Nc2nc(Cl)nc(NCCC)n2)n1. The zero-order valence-electron chi connectivity index (χ0n) is 18.2. The van der Waals surface area contributed by atoms with Crippen molar-refractivity contribution in [2.75, 3.05) is 47.6 Å². The number of hydrogen-bond acceptors (Lipinski definition) is 11. The minimum atomic E-state index is -0.0406. The molecule has 2 heterocycles. The minimum Gasteiger partial charge on any atom is -0.377 e. The number of nitrogens with one attached hydrogen (secondary N) is 4. The lowest BCUT2D eigenvalue weighted by Crippen LogP contribution is -2.28. The summed E-state index contributed by atoms with van der Waals surface area (Å²) in [5, 5.41) is 12.8. The fourth-order valence-corrected chi connectivity index (χ4v) is 2.73. The third kappa shape index (κ3) is 9.62. The number of halogens is 2. The molecule has 0 aliphatic carbocycles. The summed E-state index contributed by atoms with van der Waals surface area (Å²) >= 11 is 11.9. The zero-order chi connectivity index (χ0) is 22.6. The third-order valence-electron chi connectivity index (χ3n) is 3.77. The number of anilines is 4. The van der Waals surface area contributed by atoms with E-state index in [1.54, 1.807) is 0 Å². The van der Waals surface area contributed by atoms with Crippen molar-refractivity contribution < 1.29 is 4.74 Å². The highest BCUT2D eigenvalue weighted by Crippen LogP contribution is 2.12. The first-order chi connectivity index (χ1) is 14.9. The lowest BCUT2D eigenvalue weighted by molar-refractivity contribution is 0.122. The molecule has 0 saturated heterocycles. The standard InChI is InChI=1S/C18H30Cl2N10O/c1-5-7-21-15-25-13(19)27-17(29-15)23-11(3)9-31-10-12(4)24-18-28-14(20)26-16(30-18)22-8-6-2/h11-12H,5-10H2,1-4H3,(H2,21,23,25,27,29)(H2,22,24,26,28,30). The molecule has 4 N–H and O–H groups in total. The van der Waals surface area contributed by atoms with Gasteiger partial charge in [0.1, 0.15) is 0 Å². The van der Waals surface area contributed by atoms with Gasteiger partial charge < -0.3 is 26.0 Å². The molecule has 0 spiro atoms. The van der Waals surface area contributed by atoms with E-state index >= 15 is 0 Å². The zero-order valence-corrected chi connectivity index (χ0v) is 19.8. The minimum absolute atomic E-state index is 0.0406. The monoisotopic (exact) mass is 472 g/mol. The van der Waals surface area contributed by atoms with Gasteiger partial charge >= 0.3 is 0 Å². The Bertz CT molecular complexity index is 747. The molecule has 11 nitrogen and oxygen atoms in total. The van der Waals surface area contributed by atoms with E-state index in [0.29, 0.717) is 37.0 Å². The average Bonchev–Trinajstić information content (AvgIpc) is 2.69. The van der Waals surface area contributed by atoms with Gasteiger partial charge in [-0.1, -0.05) is 13.8 Å². The maximum Gasteiger partial charge on any atom is 0.229 e. The van der Waals surface area contributed by atoms with Gasteiger partial charge in [0.15, 0.2) is 0 Å². The van der Waals surface area contributed by atoms with Crippen molar-refractivity contribution in [2.45, 2.75) is 52.6 Å². The molecule has 2 rings (SSSR count). The summed E-state index contributed by atoms with van der Waals surface area (Å²) in [5.41, 5.74) is 0. The maximum atomic E-state index is 5.97. The molecule has 172 valence electrons. The molecule has 0 saturated carbocycles. The number of rotatable bonds is 14. The van der Waals surface area contributed by atoms with Crippen LogP contribution < -0.4 is 21.3 Å². The van der Waals surface area contributed by atoms with Crippen molar-refractivity contribution in [3.8, 4) is 0 Å². The molecular weight excluding hydrogens is 443 g/mol. The van der Waals surface area contributed by atoms with Gasteiger partial charge in [0.2, 0.25) is 34.4 Å². The molecule has 31 heavy (non-hydrogen) atoms. The predicted octanol–water partition coefficient (Wildman–Crippen LogP) is 3.32.